The van der Waals surface area contributed by atoms with Crippen molar-refractivity contribution in [3.05, 3.63) is 0 Å². The molecule has 3 aliphatic rings. The molecule has 0 aromatic heterocycles. The van der Waals surface area contributed by atoms with Crippen LogP contribution in [0.15, 0.2) is 0 Å². The average molecular weight is 236 g/mol. The summed E-state index contributed by atoms with van der Waals surface area (Å²) >= 11 is 0. The number of nitrogens with zero attached hydrogens (tertiary/aromatic N) is 1. The van der Waals surface area contributed by atoms with E-state index in [1.54, 1.807) is 0 Å². The van der Waals surface area contributed by atoms with Crippen molar-refractivity contribution in [3.63, 3.8) is 0 Å². The van der Waals surface area contributed by atoms with Gasteiger partial charge in [-0.05, 0) is 56.4 Å². The van der Waals surface area contributed by atoms with E-state index in [-0.39, 0.29) is 0 Å². The van der Waals surface area contributed by atoms with Gasteiger partial charge >= 0.3 is 0 Å². The average Bonchev–Trinajstić information content (AvgIpc) is 2.94. The molecule has 0 bridgehead atoms. The Morgan fingerprint density at radius 1 is 1.12 bits per heavy atom. The van der Waals surface area contributed by atoms with Crippen LogP contribution in [0.4, 0.5) is 0 Å². The van der Waals surface area contributed by atoms with E-state index in [0.29, 0.717) is 17.5 Å². The third kappa shape index (κ3) is 2.26. The van der Waals surface area contributed by atoms with Crippen LogP contribution in [0, 0.1) is 11.3 Å². The molecule has 3 atom stereocenters. The van der Waals surface area contributed by atoms with Crippen molar-refractivity contribution in [2.45, 2.75) is 70.4 Å². The predicted molar refractivity (Wildman–Crippen MR) is 71.9 cm³/mol. The van der Waals surface area contributed by atoms with Crippen molar-refractivity contribution in [3.8, 4) is 0 Å². The van der Waals surface area contributed by atoms with E-state index in [2.05, 4.69) is 11.8 Å². The van der Waals surface area contributed by atoms with Crippen molar-refractivity contribution in [2.75, 3.05) is 13.1 Å². The number of likely N-dealkylation sites (tertiary alicyclic amines) is 1. The van der Waals surface area contributed by atoms with Crippen molar-refractivity contribution in [2.24, 2.45) is 17.1 Å². The van der Waals surface area contributed by atoms with Gasteiger partial charge in [-0.2, -0.15) is 0 Å². The van der Waals surface area contributed by atoms with Crippen molar-refractivity contribution in [1.82, 2.24) is 4.90 Å². The molecule has 1 saturated heterocycles. The molecular formula is C15H28N2. The Hall–Kier alpha value is -0.0800. The first-order chi connectivity index (χ1) is 8.19. The Labute approximate surface area is 106 Å². The van der Waals surface area contributed by atoms with E-state index in [4.69, 9.17) is 5.73 Å². The molecule has 2 nitrogen and oxygen atoms in total. The first-order valence-corrected chi connectivity index (χ1v) is 7.68. The number of hydrogen-bond acceptors (Lipinski definition) is 2. The lowest BCUT2D eigenvalue weighted by atomic mass is 9.82. The second-order valence-electron chi connectivity index (χ2n) is 7.08. The molecular weight excluding hydrogens is 208 g/mol. The summed E-state index contributed by atoms with van der Waals surface area (Å²) in [5.74, 6) is 0.889. The van der Waals surface area contributed by atoms with Crippen molar-refractivity contribution >= 4 is 0 Å². The zero-order chi connectivity index (χ0) is 11.9. The minimum Gasteiger partial charge on any atom is -0.326 e. The molecule has 3 unspecified atom stereocenters. The lowest BCUT2D eigenvalue weighted by Crippen LogP contribution is -2.50. The fraction of sp³-hybridized carbons (Fsp3) is 1.00. The molecule has 2 N–H and O–H groups in total. The molecule has 1 spiro atoms. The summed E-state index contributed by atoms with van der Waals surface area (Å²) in [6.45, 7) is 5.09. The molecule has 17 heavy (non-hydrogen) atoms. The lowest BCUT2D eigenvalue weighted by Gasteiger charge is -2.39. The number of hydrogen-bond donors (Lipinski definition) is 1. The van der Waals surface area contributed by atoms with Crippen LogP contribution in [-0.2, 0) is 0 Å². The van der Waals surface area contributed by atoms with Gasteiger partial charge in [0.05, 0.1) is 0 Å². The zero-order valence-electron chi connectivity index (χ0n) is 11.3. The lowest BCUT2D eigenvalue weighted by molar-refractivity contribution is 0.126. The van der Waals surface area contributed by atoms with Gasteiger partial charge in [-0.25, -0.2) is 0 Å². The van der Waals surface area contributed by atoms with Gasteiger partial charge in [0.2, 0.25) is 0 Å². The molecule has 0 aromatic rings. The van der Waals surface area contributed by atoms with E-state index in [1.165, 1.54) is 64.5 Å². The normalized spacial score (nSPS) is 42.4. The fourth-order valence-electron chi connectivity index (χ4n) is 4.58. The highest BCUT2D eigenvalue weighted by Crippen LogP contribution is 2.46. The Balaban J connectivity index is 1.65. The molecule has 0 radical (unpaired) electrons. The smallest absolute Gasteiger partial charge is 0.0249 e. The van der Waals surface area contributed by atoms with Gasteiger partial charge in [0, 0.05) is 18.6 Å². The molecule has 2 heteroatoms. The van der Waals surface area contributed by atoms with Crippen LogP contribution in [0.3, 0.4) is 0 Å². The van der Waals surface area contributed by atoms with Gasteiger partial charge in [-0.3, -0.25) is 4.90 Å². The molecule has 3 fully saturated rings. The van der Waals surface area contributed by atoms with Gasteiger partial charge in [-0.1, -0.05) is 19.8 Å². The summed E-state index contributed by atoms with van der Waals surface area (Å²) in [6, 6.07) is 1.14. The van der Waals surface area contributed by atoms with E-state index in [9.17, 15) is 0 Å². The fourth-order valence-corrected chi connectivity index (χ4v) is 4.58. The topological polar surface area (TPSA) is 29.3 Å². The third-order valence-corrected chi connectivity index (χ3v) is 5.73. The molecule has 1 aliphatic heterocycles. The Morgan fingerprint density at radius 3 is 2.65 bits per heavy atom. The van der Waals surface area contributed by atoms with Gasteiger partial charge in [0.25, 0.3) is 0 Å². The van der Waals surface area contributed by atoms with Crippen LogP contribution in [0.1, 0.15) is 58.3 Å². The van der Waals surface area contributed by atoms with Gasteiger partial charge in [0.1, 0.15) is 0 Å². The van der Waals surface area contributed by atoms with Crippen LogP contribution in [-0.4, -0.2) is 30.1 Å². The van der Waals surface area contributed by atoms with Gasteiger partial charge in [0.15, 0.2) is 0 Å². The maximum absolute atomic E-state index is 6.37. The van der Waals surface area contributed by atoms with Crippen LogP contribution >= 0.6 is 0 Å². The maximum atomic E-state index is 6.37. The molecule has 2 saturated carbocycles. The Kier molecular flexibility index (Phi) is 3.20. The van der Waals surface area contributed by atoms with Crippen LogP contribution in [0.2, 0.25) is 0 Å². The monoisotopic (exact) mass is 236 g/mol. The van der Waals surface area contributed by atoms with E-state index >= 15 is 0 Å². The van der Waals surface area contributed by atoms with Gasteiger partial charge < -0.3 is 5.73 Å². The quantitative estimate of drug-likeness (QED) is 0.758. The molecule has 98 valence electrons. The Bertz CT molecular complexity index is 270. The first kappa shape index (κ1) is 12.0. The second kappa shape index (κ2) is 4.55. The Morgan fingerprint density at radius 2 is 1.88 bits per heavy atom. The van der Waals surface area contributed by atoms with Crippen molar-refractivity contribution in [1.29, 1.82) is 0 Å². The van der Waals surface area contributed by atoms with Crippen LogP contribution < -0.4 is 5.73 Å². The van der Waals surface area contributed by atoms with Crippen molar-refractivity contribution < 1.29 is 0 Å². The summed E-state index contributed by atoms with van der Waals surface area (Å²) in [7, 11) is 0. The number of nitrogens with two attached hydrogens (primary N) is 1. The second-order valence-corrected chi connectivity index (χ2v) is 7.08. The van der Waals surface area contributed by atoms with E-state index in [0.717, 1.165) is 5.92 Å². The van der Waals surface area contributed by atoms with E-state index in [1.807, 2.05) is 0 Å². The maximum Gasteiger partial charge on any atom is 0.0249 e. The van der Waals surface area contributed by atoms with Crippen LogP contribution in [0.5, 0.6) is 0 Å². The summed E-state index contributed by atoms with van der Waals surface area (Å²) < 4.78 is 0. The highest BCUT2D eigenvalue weighted by molar-refractivity contribution is 4.98. The summed E-state index contributed by atoms with van der Waals surface area (Å²) in [6.07, 6.45) is 11.3. The molecule has 0 aromatic carbocycles. The minimum absolute atomic E-state index is 0.447. The summed E-state index contributed by atoms with van der Waals surface area (Å²) in [5.41, 5.74) is 7.08. The SMILES string of the molecule is CC1CCC(N)C(N2CCC3(CCCC3)C2)C1. The van der Waals surface area contributed by atoms with Gasteiger partial charge in [-0.15, -0.1) is 0 Å². The summed E-state index contributed by atoms with van der Waals surface area (Å²) in [5, 5.41) is 0. The van der Waals surface area contributed by atoms with E-state index < -0.39 is 0 Å². The molecule has 0 amide bonds. The molecule has 3 rings (SSSR count). The minimum atomic E-state index is 0.447. The molecule has 2 aliphatic carbocycles. The third-order valence-electron chi connectivity index (χ3n) is 5.73. The molecule has 1 heterocycles. The van der Waals surface area contributed by atoms with Crippen LogP contribution in [0.25, 0.3) is 0 Å². The summed E-state index contributed by atoms with van der Waals surface area (Å²) in [4.78, 5) is 2.76. The zero-order valence-corrected chi connectivity index (χ0v) is 11.3. The standard InChI is InChI=1S/C15H28N2/c1-12-4-5-13(16)14(10-12)17-9-8-15(11-17)6-2-3-7-15/h12-14H,2-11,16H2,1H3. The highest BCUT2D eigenvalue weighted by Gasteiger charge is 2.43. The highest BCUT2D eigenvalue weighted by atomic mass is 15.2. The largest absolute Gasteiger partial charge is 0.326 e. The first-order valence-electron chi connectivity index (χ1n) is 7.68. The predicted octanol–water partition coefficient (Wildman–Crippen LogP) is 2.77. The number of rotatable bonds is 1.